The first-order chi connectivity index (χ1) is 10.1. The lowest BCUT2D eigenvalue weighted by Crippen LogP contribution is -2.30. The standard InChI is InChI=1S/C17H21ClN2O/c1-12-4-6-14(16(18)8-12)10-15(19-2)9-13-5-7-17(21-3)20-11-13/h4-8,11,15,19H,9-10H2,1-3H3. The molecule has 21 heavy (non-hydrogen) atoms. The first-order valence-electron chi connectivity index (χ1n) is 7.03. The number of aromatic nitrogens is 1. The third-order valence-electron chi connectivity index (χ3n) is 3.57. The fraction of sp³-hybridized carbons (Fsp3) is 0.353. The molecule has 0 aliphatic heterocycles. The second-order valence-electron chi connectivity index (χ2n) is 5.20. The van der Waals surface area contributed by atoms with Crippen molar-refractivity contribution in [2.45, 2.75) is 25.8 Å². The fourth-order valence-corrected chi connectivity index (χ4v) is 2.61. The molecule has 4 heteroatoms. The molecule has 0 saturated carbocycles. The van der Waals surface area contributed by atoms with Crippen LogP contribution in [0.25, 0.3) is 0 Å². The summed E-state index contributed by atoms with van der Waals surface area (Å²) >= 11 is 6.32. The minimum atomic E-state index is 0.320. The van der Waals surface area contributed by atoms with E-state index in [9.17, 15) is 0 Å². The van der Waals surface area contributed by atoms with Gasteiger partial charge >= 0.3 is 0 Å². The van der Waals surface area contributed by atoms with Gasteiger partial charge in [-0.1, -0.05) is 29.8 Å². The van der Waals surface area contributed by atoms with E-state index in [1.54, 1.807) is 7.11 Å². The molecular formula is C17H21ClN2O. The summed E-state index contributed by atoms with van der Waals surface area (Å²) < 4.78 is 5.08. The summed E-state index contributed by atoms with van der Waals surface area (Å²) in [6.07, 6.45) is 3.65. The van der Waals surface area contributed by atoms with Crippen molar-refractivity contribution < 1.29 is 4.74 Å². The van der Waals surface area contributed by atoms with Gasteiger partial charge < -0.3 is 10.1 Å². The molecule has 1 unspecified atom stereocenters. The van der Waals surface area contributed by atoms with E-state index in [1.165, 1.54) is 16.7 Å². The Balaban J connectivity index is 2.05. The summed E-state index contributed by atoms with van der Waals surface area (Å²) in [6.45, 7) is 2.05. The van der Waals surface area contributed by atoms with Crippen LogP contribution >= 0.6 is 11.6 Å². The molecule has 1 aromatic heterocycles. The Bertz CT molecular complexity index is 584. The molecule has 3 nitrogen and oxygen atoms in total. The van der Waals surface area contributed by atoms with Crippen molar-refractivity contribution in [3.63, 3.8) is 0 Å². The molecule has 1 atom stereocenters. The summed E-state index contributed by atoms with van der Waals surface area (Å²) in [5.41, 5.74) is 3.53. The number of likely N-dealkylation sites (N-methyl/N-ethyl adjacent to an activating group) is 1. The van der Waals surface area contributed by atoms with Crippen molar-refractivity contribution in [1.82, 2.24) is 10.3 Å². The average molecular weight is 305 g/mol. The third-order valence-corrected chi connectivity index (χ3v) is 3.92. The highest BCUT2D eigenvalue weighted by atomic mass is 35.5. The van der Waals surface area contributed by atoms with Crippen molar-refractivity contribution in [2.75, 3.05) is 14.2 Å². The molecule has 2 rings (SSSR count). The van der Waals surface area contributed by atoms with E-state index in [2.05, 4.69) is 22.4 Å². The number of nitrogens with zero attached hydrogens (tertiary/aromatic N) is 1. The van der Waals surface area contributed by atoms with Crippen LogP contribution in [-0.4, -0.2) is 25.2 Å². The first-order valence-corrected chi connectivity index (χ1v) is 7.41. The average Bonchev–Trinajstić information content (AvgIpc) is 2.49. The van der Waals surface area contributed by atoms with Crippen LogP contribution in [0.1, 0.15) is 16.7 Å². The molecule has 0 aliphatic rings. The minimum absolute atomic E-state index is 0.320. The van der Waals surface area contributed by atoms with Crippen molar-refractivity contribution in [2.24, 2.45) is 0 Å². The number of pyridine rings is 1. The molecule has 0 bridgehead atoms. The maximum atomic E-state index is 6.32. The summed E-state index contributed by atoms with van der Waals surface area (Å²) in [4.78, 5) is 4.24. The van der Waals surface area contributed by atoms with E-state index in [-0.39, 0.29) is 0 Å². The summed E-state index contributed by atoms with van der Waals surface area (Å²) in [5.74, 6) is 0.640. The predicted molar refractivity (Wildman–Crippen MR) is 87.2 cm³/mol. The normalized spacial score (nSPS) is 12.2. The summed E-state index contributed by atoms with van der Waals surface area (Å²) in [6, 6.07) is 10.5. The maximum Gasteiger partial charge on any atom is 0.212 e. The lowest BCUT2D eigenvalue weighted by molar-refractivity contribution is 0.397. The van der Waals surface area contributed by atoms with E-state index >= 15 is 0 Å². The monoisotopic (exact) mass is 304 g/mol. The van der Waals surface area contributed by atoms with E-state index < -0.39 is 0 Å². The number of methoxy groups -OCH3 is 1. The van der Waals surface area contributed by atoms with Crippen LogP contribution in [0, 0.1) is 6.92 Å². The quantitative estimate of drug-likeness (QED) is 0.888. The lowest BCUT2D eigenvalue weighted by Gasteiger charge is -2.17. The molecule has 112 valence electrons. The van der Waals surface area contributed by atoms with Crippen molar-refractivity contribution >= 4 is 11.6 Å². The Kier molecular flexibility index (Phi) is 5.59. The highest BCUT2D eigenvalue weighted by Gasteiger charge is 2.11. The largest absolute Gasteiger partial charge is 0.481 e. The second-order valence-corrected chi connectivity index (χ2v) is 5.60. The Morgan fingerprint density at radius 1 is 1.24 bits per heavy atom. The van der Waals surface area contributed by atoms with Crippen LogP contribution in [0.15, 0.2) is 36.5 Å². The minimum Gasteiger partial charge on any atom is -0.481 e. The maximum absolute atomic E-state index is 6.32. The van der Waals surface area contributed by atoms with Gasteiger partial charge in [-0.2, -0.15) is 0 Å². The predicted octanol–water partition coefficient (Wildman–Crippen LogP) is 3.43. The van der Waals surface area contributed by atoms with Crippen LogP contribution in [0.3, 0.4) is 0 Å². The van der Waals surface area contributed by atoms with Crippen LogP contribution < -0.4 is 10.1 Å². The van der Waals surface area contributed by atoms with Gasteiger partial charge in [0.1, 0.15) is 0 Å². The zero-order valence-corrected chi connectivity index (χ0v) is 13.4. The van der Waals surface area contributed by atoms with Crippen LogP contribution in [0.5, 0.6) is 5.88 Å². The first kappa shape index (κ1) is 15.8. The number of hydrogen-bond donors (Lipinski definition) is 1. The molecule has 0 amide bonds. The lowest BCUT2D eigenvalue weighted by atomic mass is 9.99. The number of aryl methyl sites for hydroxylation is 1. The van der Waals surface area contributed by atoms with Crippen molar-refractivity contribution in [1.29, 1.82) is 0 Å². The zero-order chi connectivity index (χ0) is 15.2. The Morgan fingerprint density at radius 3 is 2.62 bits per heavy atom. The van der Waals surface area contributed by atoms with E-state index in [0.29, 0.717) is 11.9 Å². The number of rotatable bonds is 6. The number of nitrogens with one attached hydrogen (secondary N) is 1. The number of hydrogen-bond acceptors (Lipinski definition) is 3. The summed E-state index contributed by atoms with van der Waals surface area (Å²) in [5, 5.41) is 4.19. The van der Waals surface area contributed by atoms with Crippen LogP contribution in [0.2, 0.25) is 5.02 Å². The molecule has 0 aliphatic carbocycles. The van der Waals surface area contributed by atoms with Crippen molar-refractivity contribution in [3.05, 3.63) is 58.2 Å². The molecule has 0 radical (unpaired) electrons. The number of ether oxygens (including phenoxy) is 1. The fourth-order valence-electron chi connectivity index (χ4n) is 2.30. The van der Waals surface area contributed by atoms with Gasteiger partial charge in [0.25, 0.3) is 0 Å². The van der Waals surface area contributed by atoms with Gasteiger partial charge in [-0.15, -0.1) is 0 Å². The molecule has 1 N–H and O–H groups in total. The SMILES string of the molecule is CNC(Cc1ccc(OC)nc1)Cc1ccc(C)cc1Cl. The highest BCUT2D eigenvalue weighted by molar-refractivity contribution is 6.31. The highest BCUT2D eigenvalue weighted by Crippen LogP contribution is 2.20. The smallest absolute Gasteiger partial charge is 0.212 e. The molecular weight excluding hydrogens is 284 g/mol. The van der Waals surface area contributed by atoms with Gasteiger partial charge in [0, 0.05) is 23.3 Å². The van der Waals surface area contributed by atoms with Gasteiger partial charge in [-0.05, 0) is 49.6 Å². The van der Waals surface area contributed by atoms with Gasteiger partial charge in [0.15, 0.2) is 0 Å². The summed E-state index contributed by atoms with van der Waals surface area (Å²) in [7, 11) is 3.60. The van der Waals surface area contributed by atoms with E-state index in [1.807, 2.05) is 38.4 Å². The van der Waals surface area contributed by atoms with Gasteiger partial charge in [0.2, 0.25) is 5.88 Å². The van der Waals surface area contributed by atoms with Crippen molar-refractivity contribution in [3.8, 4) is 5.88 Å². The number of halogens is 1. The molecule has 1 aromatic carbocycles. The molecule has 1 heterocycles. The van der Waals surface area contributed by atoms with Gasteiger partial charge in [-0.25, -0.2) is 4.98 Å². The zero-order valence-electron chi connectivity index (χ0n) is 12.7. The molecule has 0 fully saturated rings. The molecule has 0 spiro atoms. The topological polar surface area (TPSA) is 34.1 Å². The third kappa shape index (κ3) is 4.45. The Labute approximate surface area is 131 Å². The van der Waals surface area contributed by atoms with E-state index in [0.717, 1.165) is 17.9 Å². The van der Waals surface area contributed by atoms with E-state index in [4.69, 9.17) is 16.3 Å². The Morgan fingerprint density at radius 2 is 2.05 bits per heavy atom. The molecule has 0 saturated heterocycles. The Hall–Kier alpha value is -1.58. The molecule has 2 aromatic rings. The number of benzene rings is 1. The van der Waals surface area contributed by atoms with Crippen LogP contribution in [0.4, 0.5) is 0 Å². The van der Waals surface area contributed by atoms with Gasteiger partial charge in [-0.3, -0.25) is 0 Å². The second kappa shape index (κ2) is 7.43. The van der Waals surface area contributed by atoms with Crippen LogP contribution in [-0.2, 0) is 12.8 Å². The van der Waals surface area contributed by atoms with Gasteiger partial charge in [0.05, 0.1) is 7.11 Å².